The standard InChI is InChI=1S/C16H20N6O2/c1-10(2)12-8-13(22(20-12)16-17-5-4-6-18-16)19-15(24)11-7-14(23)21(3)9-11/h4-6,8,10-11H,7,9H2,1-3H3,(H,19,24)/t11-/m0/s1. The molecule has 8 heteroatoms. The van der Waals surface area contributed by atoms with Crippen molar-refractivity contribution in [3.05, 3.63) is 30.2 Å². The fraction of sp³-hybridized carbons (Fsp3) is 0.438. The van der Waals surface area contributed by atoms with Gasteiger partial charge < -0.3 is 10.2 Å². The SMILES string of the molecule is CC(C)c1cc(NC(=O)[C@H]2CC(=O)N(C)C2)n(-c2ncccn2)n1. The second kappa shape index (κ2) is 6.38. The average Bonchev–Trinajstić information content (AvgIpc) is 3.13. The van der Waals surface area contributed by atoms with Crippen LogP contribution < -0.4 is 5.32 Å². The zero-order chi connectivity index (χ0) is 17.3. The van der Waals surface area contributed by atoms with Gasteiger partial charge in [-0.25, -0.2) is 9.97 Å². The molecule has 8 nitrogen and oxygen atoms in total. The van der Waals surface area contributed by atoms with E-state index in [0.717, 1.165) is 5.69 Å². The van der Waals surface area contributed by atoms with Crippen LogP contribution in [-0.2, 0) is 9.59 Å². The first-order chi connectivity index (χ1) is 11.5. The Bertz CT molecular complexity index is 755. The summed E-state index contributed by atoms with van der Waals surface area (Å²) in [6, 6.07) is 3.54. The summed E-state index contributed by atoms with van der Waals surface area (Å²) in [6.07, 6.45) is 3.47. The lowest BCUT2D eigenvalue weighted by atomic mass is 10.1. The quantitative estimate of drug-likeness (QED) is 0.910. The largest absolute Gasteiger partial charge is 0.345 e. The molecule has 0 spiro atoms. The van der Waals surface area contributed by atoms with Crippen molar-refractivity contribution in [2.45, 2.75) is 26.2 Å². The van der Waals surface area contributed by atoms with E-state index >= 15 is 0 Å². The zero-order valence-corrected chi connectivity index (χ0v) is 13.9. The van der Waals surface area contributed by atoms with E-state index in [1.54, 1.807) is 30.4 Å². The number of carbonyl (C=O) groups is 2. The van der Waals surface area contributed by atoms with Crippen LogP contribution in [-0.4, -0.2) is 50.1 Å². The van der Waals surface area contributed by atoms with E-state index in [2.05, 4.69) is 20.4 Å². The predicted octanol–water partition coefficient (Wildman–Crippen LogP) is 1.20. The molecule has 3 rings (SSSR count). The second-order valence-electron chi connectivity index (χ2n) is 6.23. The molecule has 1 N–H and O–H groups in total. The third-order valence-electron chi connectivity index (χ3n) is 4.02. The minimum absolute atomic E-state index is 0.0158. The molecule has 1 atom stereocenters. The number of hydrogen-bond donors (Lipinski definition) is 1. The minimum atomic E-state index is -0.356. The molecule has 0 unspecified atom stereocenters. The molecular weight excluding hydrogens is 308 g/mol. The van der Waals surface area contributed by atoms with Gasteiger partial charge in [0.1, 0.15) is 5.82 Å². The number of carbonyl (C=O) groups excluding carboxylic acids is 2. The Hall–Kier alpha value is -2.77. The van der Waals surface area contributed by atoms with Crippen LogP contribution in [0.1, 0.15) is 31.9 Å². The first kappa shape index (κ1) is 16.1. The zero-order valence-electron chi connectivity index (χ0n) is 13.9. The first-order valence-corrected chi connectivity index (χ1v) is 7.88. The maximum atomic E-state index is 12.5. The summed E-state index contributed by atoms with van der Waals surface area (Å²) >= 11 is 0. The van der Waals surface area contributed by atoms with Crippen molar-refractivity contribution in [1.82, 2.24) is 24.6 Å². The summed E-state index contributed by atoms with van der Waals surface area (Å²) in [4.78, 5) is 34.1. The van der Waals surface area contributed by atoms with Gasteiger partial charge in [-0.05, 0) is 12.0 Å². The van der Waals surface area contributed by atoms with Crippen LogP contribution in [0.25, 0.3) is 5.95 Å². The van der Waals surface area contributed by atoms with E-state index in [9.17, 15) is 9.59 Å². The number of likely N-dealkylation sites (tertiary alicyclic amines) is 1. The highest BCUT2D eigenvalue weighted by Gasteiger charge is 2.32. The number of hydrogen-bond acceptors (Lipinski definition) is 5. The Kier molecular flexibility index (Phi) is 4.28. The van der Waals surface area contributed by atoms with E-state index in [0.29, 0.717) is 18.3 Å². The molecule has 3 heterocycles. The summed E-state index contributed by atoms with van der Waals surface area (Å²) in [5.74, 6) is 0.532. The molecule has 1 aliphatic rings. The van der Waals surface area contributed by atoms with E-state index in [-0.39, 0.29) is 30.1 Å². The van der Waals surface area contributed by atoms with Gasteiger partial charge in [0.05, 0.1) is 11.6 Å². The van der Waals surface area contributed by atoms with Crippen molar-refractivity contribution in [2.24, 2.45) is 5.92 Å². The van der Waals surface area contributed by atoms with Gasteiger partial charge >= 0.3 is 0 Å². The Labute approximate surface area is 139 Å². The molecule has 0 aromatic carbocycles. The van der Waals surface area contributed by atoms with Crippen LogP contribution in [0.5, 0.6) is 0 Å². The predicted molar refractivity (Wildman–Crippen MR) is 87.6 cm³/mol. The van der Waals surface area contributed by atoms with Crippen LogP contribution in [0.3, 0.4) is 0 Å². The van der Waals surface area contributed by atoms with Gasteiger partial charge in [-0.1, -0.05) is 13.8 Å². The number of aromatic nitrogens is 4. The molecule has 1 saturated heterocycles. The lowest BCUT2D eigenvalue weighted by molar-refractivity contribution is -0.127. The van der Waals surface area contributed by atoms with Crippen molar-refractivity contribution in [2.75, 3.05) is 18.9 Å². The van der Waals surface area contributed by atoms with Gasteiger partial charge in [0, 0.05) is 38.5 Å². The van der Waals surface area contributed by atoms with E-state index in [4.69, 9.17) is 0 Å². The lowest BCUT2D eigenvalue weighted by Crippen LogP contribution is -2.26. The van der Waals surface area contributed by atoms with Gasteiger partial charge in [-0.15, -0.1) is 0 Å². The highest BCUT2D eigenvalue weighted by molar-refractivity contribution is 5.96. The second-order valence-corrected chi connectivity index (χ2v) is 6.23. The third kappa shape index (κ3) is 3.12. The maximum absolute atomic E-state index is 12.5. The highest BCUT2D eigenvalue weighted by atomic mass is 16.2. The van der Waals surface area contributed by atoms with Crippen molar-refractivity contribution in [1.29, 1.82) is 0 Å². The summed E-state index contributed by atoms with van der Waals surface area (Å²) in [6.45, 7) is 4.47. The Balaban J connectivity index is 1.87. The van der Waals surface area contributed by atoms with Crippen LogP contribution in [0.4, 0.5) is 5.82 Å². The normalized spacial score (nSPS) is 17.6. The van der Waals surface area contributed by atoms with Crippen molar-refractivity contribution in [3.8, 4) is 5.95 Å². The molecular formula is C16H20N6O2. The molecule has 0 aliphatic carbocycles. The average molecular weight is 328 g/mol. The third-order valence-corrected chi connectivity index (χ3v) is 4.02. The molecule has 0 radical (unpaired) electrons. The fourth-order valence-corrected chi connectivity index (χ4v) is 2.59. The molecule has 1 fully saturated rings. The molecule has 1 aliphatic heterocycles. The molecule has 0 saturated carbocycles. The van der Waals surface area contributed by atoms with E-state index in [1.165, 1.54) is 4.68 Å². The fourth-order valence-electron chi connectivity index (χ4n) is 2.59. The minimum Gasteiger partial charge on any atom is -0.345 e. The highest BCUT2D eigenvalue weighted by Crippen LogP contribution is 2.23. The Morgan fingerprint density at radius 2 is 2.04 bits per heavy atom. The molecule has 2 amide bonds. The van der Waals surface area contributed by atoms with Gasteiger partial charge in [0.2, 0.25) is 11.8 Å². The molecule has 24 heavy (non-hydrogen) atoms. The van der Waals surface area contributed by atoms with Gasteiger partial charge in [0.25, 0.3) is 5.95 Å². The molecule has 0 bridgehead atoms. The number of amides is 2. The summed E-state index contributed by atoms with van der Waals surface area (Å²) in [5.41, 5.74) is 0.831. The number of nitrogens with one attached hydrogen (secondary N) is 1. The van der Waals surface area contributed by atoms with Crippen LogP contribution in [0, 0.1) is 5.92 Å². The monoisotopic (exact) mass is 328 g/mol. The van der Waals surface area contributed by atoms with Crippen molar-refractivity contribution >= 4 is 17.6 Å². The van der Waals surface area contributed by atoms with E-state index < -0.39 is 0 Å². The van der Waals surface area contributed by atoms with E-state index in [1.807, 2.05) is 19.9 Å². The van der Waals surface area contributed by atoms with Crippen LogP contribution in [0.2, 0.25) is 0 Å². The maximum Gasteiger partial charge on any atom is 0.252 e. The van der Waals surface area contributed by atoms with Crippen LogP contribution in [0.15, 0.2) is 24.5 Å². The summed E-state index contributed by atoms with van der Waals surface area (Å²) in [7, 11) is 1.70. The number of rotatable bonds is 4. The van der Waals surface area contributed by atoms with Gasteiger partial charge in [0.15, 0.2) is 0 Å². The summed E-state index contributed by atoms with van der Waals surface area (Å²) < 4.78 is 1.52. The van der Waals surface area contributed by atoms with Gasteiger partial charge in [-0.2, -0.15) is 9.78 Å². The molecule has 2 aromatic heterocycles. The molecule has 126 valence electrons. The van der Waals surface area contributed by atoms with Crippen molar-refractivity contribution in [3.63, 3.8) is 0 Å². The van der Waals surface area contributed by atoms with Crippen LogP contribution >= 0.6 is 0 Å². The molecule has 2 aromatic rings. The Morgan fingerprint density at radius 1 is 1.33 bits per heavy atom. The smallest absolute Gasteiger partial charge is 0.252 e. The topological polar surface area (TPSA) is 93.0 Å². The Morgan fingerprint density at radius 3 is 2.62 bits per heavy atom. The summed E-state index contributed by atoms with van der Waals surface area (Å²) in [5, 5.41) is 7.36. The lowest BCUT2D eigenvalue weighted by Gasteiger charge is -2.11. The van der Waals surface area contributed by atoms with Crippen molar-refractivity contribution < 1.29 is 9.59 Å². The first-order valence-electron chi connectivity index (χ1n) is 7.88. The number of nitrogens with zero attached hydrogens (tertiary/aromatic N) is 5. The van der Waals surface area contributed by atoms with Gasteiger partial charge in [-0.3, -0.25) is 9.59 Å². The number of anilines is 1.